The van der Waals surface area contributed by atoms with Gasteiger partial charge in [0.15, 0.2) is 5.82 Å². The van der Waals surface area contributed by atoms with Gasteiger partial charge >= 0.3 is 0 Å². The molecule has 0 atom stereocenters. The molecule has 1 heterocycles. The van der Waals surface area contributed by atoms with Gasteiger partial charge in [-0.15, -0.1) is 0 Å². The number of anilines is 1. The van der Waals surface area contributed by atoms with Crippen LogP contribution in [0.2, 0.25) is 0 Å². The van der Waals surface area contributed by atoms with Crippen molar-refractivity contribution in [3.8, 4) is 11.4 Å². The van der Waals surface area contributed by atoms with Crippen LogP contribution >= 0.6 is 0 Å². The van der Waals surface area contributed by atoms with Crippen LogP contribution in [0.25, 0.3) is 11.4 Å². The first kappa shape index (κ1) is 11.1. The SMILES string of the molecule is Cc1cnc(-c2ccc(C(N)=O)cc2)nc1N. The molecule has 0 aliphatic rings. The molecule has 2 aromatic rings. The van der Waals surface area contributed by atoms with Gasteiger partial charge in [-0.05, 0) is 19.1 Å². The number of hydrogen-bond donors (Lipinski definition) is 2. The Morgan fingerprint density at radius 3 is 2.41 bits per heavy atom. The minimum absolute atomic E-state index is 0.453. The highest BCUT2D eigenvalue weighted by Gasteiger charge is 2.05. The van der Waals surface area contributed by atoms with E-state index >= 15 is 0 Å². The van der Waals surface area contributed by atoms with Crippen molar-refractivity contribution in [3.63, 3.8) is 0 Å². The normalized spacial score (nSPS) is 10.2. The van der Waals surface area contributed by atoms with Gasteiger partial charge in [-0.25, -0.2) is 9.97 Å². The fourth-order valence-corrected chi connectivity index (χ4v) is 1.38. The highest BCUT2D eigenvalue weighted by Crippen LogP contribution is 2.17. The summed E-state index contributed by atoms with van der Waals surface area (Å²) in [6.45, 7) is 1.84. The number of aryl methyl sites for hydroxylation is 1. The predicted octanol–water partition coefficient (Wildman–Crippen LogP) is 1.13. The van der Waals surface area contributed by atoms with Crippen LogP contribution in [-0.4, -0.2) is 15.9 Å². The molecule has 0 saturated carbocycles. The van der Waals surface area contributed by atoms with Gasteiger partial charge in [-0.1, -0.05) is 12.1 Å². The summed E-state index contributed by atoms with van der Waals surface area (Å²) in [5.41, 5.74) is 12.9. The number of nitrogen functional groups attached to an aromatic ring is 1. The molecule has 5 heteroatoms. The molecule has 0 aliphatic heterocycles. The van der Waals surface area contributed by atoms with E-state index in [-0.39, 0.29) is 0 Å². The van der Waals surface area contributed by atoms with Crippen molar-refractivity contribution >= 4 is 11.7 Å². The molecular weight excluding hydrogens is 216 g/mol. The summed E-state index contributed by atoms with van der Waals surface area (Å²) in [6.07, 6.45) is 1.67. The summed E-state index contributed by atoms with van der Waals surface area (Å²) >= 11 is 0. The van der Waals surface area contributed by atoms with E-state index in [1.54, 1.807) is 30.5 Å². The summed E-state index contributed by atoms with van der Waals surface area (Å²) in [4.78, 5) is 19.3. The smallest absolute Gasteiger partial charge is 0.248 e. The highest BCUT2D eigenvalue weighted by atomic mass is 16.1. The van der Waals surface area contributed by atoms with Crippen molar-refractivity contribution in [1.29, 1.82) is 0 Å². The molecule has 1 aromatic carbocycles. The summed E-state index contributed by atoms with van der Waals surface area (Å²) in [6, 6.07) is 6.75. The zero-order chi connectivity index (χ0) is 12.4. The van der Waals surface area contributed by atoms with Crippen molar-refractivity contribution in [3.05, 3.63) is 41.6 Å². The van der Waals surface area contributed by atoms with E-state index in [9.17, 15) is 4.79 Å². The van der Waals surface area contributed by atoms with Crippen LogP contribution in [0.3, 0.4) is 0 Å². The van der Waals surface area contributed by atoms with Crippen molar-refractivity contribution < 1.29 is 4.79 Å². The lowest BCUT2D eigenvalue weighted by Crippen LogP contribution is -2.10. The number of carbonyl (C=O) groups excluding carboxylic acids is 1. The lowest BCUT2D eigenvalue weighted by molar-refractivity contribution is 0.100. The molecule has 0 saturated heterocycles. The number of benzene rings is 1. The van der Waals surface area contributed by atoms with E-state index < -0.39 is 5.91 Å². The van der Waals surface area contributed by atoms with Crippen LogP contribution in [0.5, 0.6) is 0 Å². The fourth-order valence-electron chi connectivity index (χ4n) is 1.38. The molecule has 0 bridgehead atoms. The maximum absolute atomic E-state index is 10.9. The van der Waals surface area contributed by atoms with E-state index in [2.05, 4.69) is 9.97 Å². The molecule has 0 spiro atoms. The lowest BCUT2D eigenvalue weighted by Gasteiger charge is -2.03. The Labute approximate surface area is 98.5 Å². The van der Waals surface area contributed by atoms with E-state index in [1.165, 1.54) is 0 Å². The number of primary amides is 1. The van der Waals surface area contributed by atoms with Crippen LogP contribution in [0.15, 0.2) is 30.5 Å². The minimum Gasteiger partial charge on any atom is -0.383 e. The first-order valence-corrected chi connectivity index (χ1v) is 5.07. The van der Waals surface area contributed by atoms with E-state index in [4.69, 9.17) is 11.5 Å². The Balaban J connectivity index is 2.39. The molecule has 1 amide bonds. The molecule has 2 rings (SSSR count). The standard InChI is InChI=1S/C12H12N4O/c1-7-6-15-12(16-10(7)13)9-4-2-8(3-5-9)11(14)17/h2-6H,1H3,(H2,14,17)(H2,13,15,16). The zero-order valence-corrected chi connectivity index (χ0v) is 9.34. The van der Waals surface area contributed by atoms with Crippen LogP contribution < -0.4 is 11.5 Å². The zero-order valence-electron chi connectivity index (χ0n) is 9.34. The molecule has 4 N–H and O–H groups in total. The number of carbonyl (C=O) groups is 1. The van der Waals surface area contributed by atoms with E-state index in [1.807, 2.05) is 6.92 Å². The third kappa shape index (κ3) is 2.23. The molecule has 0 radical (unpaired) electrons. The predicted molar refractivity (Wildman–Crippen MR) is 65.1 cm³/mol. The van der Waals surface area contributed by atoms with Gasteiger partial charge in [0.1, 0.15) is 5.82 Å². The monoisotopic (exact) mass is 228 g/mol. The van der Waals surface area contributed by atoms with Gasteiger partial charge in [0.25, 0.3) is 0 Å². The van der Waals surface area contributed by atoms with Gasteiger partial charge in [-0.3, -0.25) is 4.79 Å². The van der Waals surface area contributed by atoms with Gasteiger partial charge in [0.05, 0.1) is 0 Å². The maximum Gasteiger partial charge on any atom is 0.248 e. The van der Waals surface area contributed by atoms with Crippen molar-refractivity contribution in [2.75, 3.05) is 5.73 Å². The first-order chi connectivity index (χ1) is 8.08. The number of amides is 1. The molecule has 0 aliphatic carbocycles. The molecule has 17 heavy (non-hydrogen) atoms. The number of aromatic nitrogens is 2. The van der Waals surface area contributed by atoms with Gasteiger partial charge < -0.3 is 11.5 Å². The van der Waals surface area contributed by atoms with E-state index in [0.29, 0.717) is 17.2 Å². The summed E-state index contributed by atoms with van der Waals surface area (Å²) < 4.78 is 0. The van der Waals surface area contributed by atoms with Crippen LogP contribution in [0, 0.1) is 6.92 Å². The quantitative estimate of drug-likeness (QED) is 0.805. The Hall–Kier alpha value is -2.43. The van der Waals surface area contributed by atoms with Crippen molar-refractivity contribution in [2.45, 2.75) is 6.92 Å². The average Bonchev–Trinajstić information content (AvgIpc) is 2.33. The minimum atomic E-state index is -0.458. The van der Waals surface area contributed by atoms with Gasteiger partial charge in [0, 0.05) is 22.9 Å². The van der Waals surface area contributed by atoms with Crippen molar-refractivity contribution in [1.82, 2.24) is 9.97 Å². The molecular formula is C12H12N4O. The van der Waals surface area contributed by atoms with Crippen LogP contribution in [-0.2, 0) is 0 Å². The lowest BCUT2D eigenvalue weighted by atomic mass is 10.1. The van der Waals surface area contributed by atoms with Crippen LogP contribution in [0.4, 0.5) is 5.82 Å². The summed E-state index contributed by atoms with van der Waals surface area (Å²) in [5.74, 6) is 0.527. The summed E-state index contributed by atoms with van der Waals surface area (Å²) in [5, 5.41) is 0. The molecule has 1 aromatic heterocycles. The topological polar surface area (TPSA) is 94.9 Å². The molecule has 0 unspecified atom stereocenters. The number of nitrogens with two attached hydrogens (primary N) is 2. The average molecular weight is 228 g/mol. The Kier molecular flexibility index (Phi) is 2.74. The largest absolute Gasteiger partial charge is 0.383 e. The molecule has 5 nitrogen and oxygen atoms in total. The highest BCUT2D eigenvalue weighted by molar-refractivity contribution is 5.93. The molecule has 86 valence electrons. The Bertz CT molecular complexity index is 563. The van der Waals surface area contributed by atoms with Crippen LogP contribution in [0.1, 0.15) is 15.9 Å². The Morgan fingerprint density at radius 2 is 1.88 bits per heavy atom. The Morgan fingerprint density at radius 1 is 1.24 bits per heavy atom. The second-order valence-corrected chi connectivity index (χ2v) is 3.70. The molecule has 0 fully saturated rings. The maximum atomic E-state index is 10.9. The summed E-state index contributed by atoms with van der Waals surface area (Å²) in [7, 11) is 0. The van der Waals surface area contributed by atoms with Crippen molar-refractivity contribution in [2.24, 2.45) is 5.73 Å². The third-order valence-electron chi connectivity index (χ3n) is 2.44. The number of hydrogen-bond acceptors (Lipinski definition) is 4. The second kappa shape index (κ2) is 4.21. The number of rotatable bonds is 2. The van der Waals surface area contributed by atoms with E-state index in [0.717, 1.165) is 11.1 Å². The first-order valence-electron chi connectivity index (χ1n) is 5.07. The number of nitrogens with zero attached hydrogens (tertiary/aromatic N) is 2. The second-order valence-electron chi connectivity index (χ2n) is 3.70. The van der Waals surface area contributed by atoms with Gasteiger partial charge in [-0.2, -0.15) is 0 Å². The van der Waals surface area contributed by atoms with Gasteiger partial charge in [0.2, 0.25) is 5.91 Å². The third-order valence-corrected chi connectivity index (χ3v) is 2.44. The fraction of sp³-hybridized carbons (Fsp3) is 0.0833.